The molecular formula is C9H10F3NO4. The van der Waals surface area contributed by atoms with Crippen LogP contribution in [0.15, 0.2) is 4.42 Å². The SMILES string of the molecule is CCc1nc(COCC(F)(F)F)oc1C(=O)O. The van der Waals surface area contributed by atoms with Gasteiger partial charge in [-0.25, -0.2) is 9.78 Å². The Balaban J connectivity index is 2.64. The maximum Gasteiger partial charge on any atom is 0.411 e. The monoisotopic (exact) mass is 253 g/mol. The zero-order valence-corrected chi connectivity index (χ0v) is 8.87. The molecule has 0 bridgehead atoms. The molecule has 0 aliphatic heterocycles. The van der Waals surface area contributed by atoms with Gasteiger partial charge in [-0.2, -0.15) is 13.2 Å². The molecule has 1 rings (SSSR count). The first-order chi connectivity index (χ1) is 7.83. The van der Waals surface area contributed by atoms with Crippen molar-refractivity contribution in [2.24, 2.45) is 0 Å². The molecule has 0 amide bonds. The fourth-order valence-corrected chi connectivity index (χ4v) is 1.12. The summed E-state index contributed by atoms with van der Waals surface area (Å²) in [6, 6.07) is 0. The highest BCUT2D eigenvalue weighted by Gasteiger charge is 2.28. The summed E-state index contributed by atoms with van der Waals surface area (Å²) < 4.78 is 44.4. The molecule has 96 valence electrons. The first kappa shape index (κ1) is 13.5. The van der Waals surface area contributed by atoms with Crippen LogP contribution in [0, 0.1) is 0 Å². The number of aryl methyl sites for hydroxylation is 1. The van der Waals surface area contributed by atoms with Gasteiger partial charge in [-0.15, -0.1) is 0 Å². The fourth-order valence-electron chi connectivity index (χ4n) is 1.12. The third kappa shape index (κ3) is 4.06. The van der Waals surface area contributed by atoms with Gasteiger partial charge in [0.15, 0.2) is 0 Å². The lowest BCUT2D eigenvalue weighted by Gasteiger charge is -2.04. The number of rotatable bonds is 5. The lowest BCUT2D eigenvalue weighted by molar-refractivity contribution is -0.177. The van der Waals surface area contributed by atoms with Crippen LogP contribution in [0.5, 0.6) is 0 Å². The average molecular weight is 253 g/mol. The molecule has 8 heteroatoms. The number of ether oxygens (including phenoxy) is 1. The van der Waals surface area contributed by atoms with Gasteiger partial charge in [0.1, 0.15) is 13.2 Å². The van der Waals surface area contributed by atoms with Gasteiger partial charge in [0.2, 0.25) is 11.7 Å². The van der Waals surface area contributed by atoms with E-state index in [0.717, 1.165) is 0 Å². The number of alkyl halides is 3. The van der Waals surface area contributed by atoms with E-state index in [1.165, 1.54) is 0 Å². The van der Waals surface area contributed by atoms with Crippen LogP contribution in [-0.2, 0) is 17.8 Å². The summed E-state index contributed by atoms with van der Waals surface area (Å²) in [6.07, 6.45) is -4.12. The van der Waals surface area contributed by atoms with Gasteiger partial charge in [-0.1, -0.05) is 6.92 Å². The van der Waals surface area contributed by atoms with E-state index < -0.39 is 25.4 Å². The molecule has 0 saturated carbocycles. The van der Waals surface area contributed by atoms with Crippen molar-refractivity contribution in [2.45, 2.75) is 26.1 Å². The first-order valence-corrected chi connectivity index (χ1v) is 4.70. The van der Waals surface area contributed by atoms with Crippen molar-refractivity contribution in [3.8, 4) is 0 Å². The van der Waals surface area contributed by atoms with E-state index in [2.05, 4.69) is 9.72 Å². The fraction of sp³-hybridized carbons (Fsp3) is 0.556. The zero-order valence-electron chi connectivity index (χ0n) is 8.87. The van der Waals surface area contributed by atoms with Crippen LogP contribution in [0.4, 0.5) is 13.2 Å². The Morgan fingerprint density at radius 3 is 2.59 bits per heavy atom. The quantitative estimate of drug-likeness (QED) is 0.868. The van der Waals surface area contributed by atoms with E-state index in [0.29, 0.717) is 6.42 Å². The van der Waals surface area contributed by atoms with Crippen molar-refractivity contribution < 1.29 is 32.2 Å². The molecule has 0 atom stereocenters. The highest BCUT2D eigenvalue weighted by atomic mass is 19.4. The van der Waals surface area contributed by atoms with E-state index in [1.807, 2.05) is 0 Å². The second kappa shape index (κ2) is 5.17. The van der Waals surface area contributed by atoms with Crippen molar-refractivity contribution in [3.63, 3.8) is 0 Å². The van der Waals surface area contributed by atoms with Gasteiger partial charge < -0.3 is 14.3 Å². The van der Waals surface area contributed by atoms with Gasteiger partial charge in [0, 0.05) is 0 Å². The minimum Gasteiger partial charge on any atom is -0.475 e. The van der Waals surface area contributed by atoms with Gasteiger partial charge in [0.05, 0.1) is 5.69 Å². The highest BCUT2D eigenvalue weighted by Crippen LogP contribution is 2.17. The lowest BCUT2D eigenvalue weighted by Crippen LogP contribution is -2.16. The van der Waals surface area contributed by atoms with Crippen molar-refractivity contribution in [1.82, 2.24) is 4.98 Å². The molecule has 0 aromatic carbocycles. The van der Waals surface area contributed by atoms with Crippen molar-refractivity contribution in [3.05, 3.63) is 17.3 Å². The molecule has 0 fully saturated rings. The molecule has 1 aromatic rings. The summed E-state index contributed by atoms with van der Waals surface area (Å²) in [5.41, 5.74) is 0.183. The van der Waals surface area contributed by atoms with Crippen LogP contribution in [-0.4, -0.2) is 28.8 Å². The third-order valence-electron chi connectivity index (χ3n) is 1.76. The average Bonchev–Trinajstić information content (AvgIpc) is 2.59. The Bertz CT molecular complexity index is 399. The van der Waals surface area contributed by atoms with Gasteiger partial charge >= 0.3 is 12.1 Å². The predicted octanol–water partition coefficient (Wildman–Crippen LogP) is 2.01. The summed E-state index contributed by atoms with van der Waals surface area (Å²) >= 11 is 0. The maximum atomic E-state index is 11.8. The van der Waals surface area contributed by atoms with Gasteiger partial charge in [-0.05, 0) is 6.42 Å². The lowest BCUT2D eigenvalue weighted by atomic mass is 10.3. The number of hydrogen-bond donors (Lipinski definition) is 1. The summed E-state index contributed by atoms with van der Waals surface area (Å²) in [5.74, 6) is -1.85. The third-order valence-corrected chi connectivity index (χ3v) is 1.76. The predicted molar refractivity (Wildman–Crippen MR) is 48.6 cm³/mol. The van der Waals surface area contributed by atoms with E-state index in [-0.39, 0.29) is 17.3 Å². The summed E-state index contributed by atoms with van der Waals surface area (Å²) in [4.78, 5) is 14.4. The van der Waals surface area contributed by atoms with Gasteiger partial charge in [0.25, 0.3) is 0 Å². The molecule has 1 heterocycles. The van der Waals surface area contributed by atoms with Crippen LogP contribution in [0.1, 0.15) is 29.1 Å². The Morgan fingerprint density at radius 1 is 1.53 bits per heavy atom. The van der Waals surface area contributed by atoms with Crippen molar-refractivity contribution in [2.75, 3.05) is 6.61 Å². The molecule has 0 aliphatic carbocycles. The molecule has 0 saturated heterocycles. The molecule has 1 aromatic heterocycles. The number of aromatic nitrogens is 1. The number of oxazole rings is 1. The largest absolute Gasteiger partial charge is 0.475 e. The van der Waals surface area contributed by atoms with Crippen molar-refractivity contribution in [1.29, 1.82) is 0 Å². The summed E-state index contributed by atoms with van der Waals surface area (Å²) in [7, 11) is 0. The number of carbonyl (C=O) groups is 1. The zero-order chi connectivity index (χ0) is 13.1. The summed E-state index contributed by atoms with van der Waals surface area (Å²) in [5, 5.41) is 8.71. The Hall–Kier alpha value is -1.57. The molecule has 0 unspecified atom stereocenters. The standard InChI is InChI=1S/C9H10F3NO4/c1-2-5-7(8(14)15)17-6(13-5)3-16-4-9(10,11)12/h2-4H2,1H3,(H,14,15). The topological polar surface area (TPSA) is 72.6 Å². The minimum atomic E-state index is -4.43. The van der Waals surface area contributed by atoms with Crippen LogP contribution < -0.4 is 0 Å². The molecule has 1 N–H and O–H groups in total. The number of halogens is 3. The van der Waals surface area contributed by atoms with Crippen LogP contribution >= 0.6 is 0 Å². The van der Waals surface area contributed by atoms with Crippen LogP contribution in [0.2, 0.25) is 0 Å². The Labute approximate surface area is 94.2 Å². The minimum absolute atomic E-state index is 0.177. The second-order valence-corrected chi connectivity index (χ2v) is 3.15. The first-order valence-electron chi connectivity index (χ1n) is 4.70. The molecular weight excluding hydrogens is 243 g/mol. The Morgan fingerprint density at radius 2 is 2.18 bits per heavy atom. The molecule has 17 heavy (non-hydrogen) atoms. The highest BCUT2D eigenvalue weighted by molar-refractivity contribution is 5.85. The maximum absolute atomic E-state index is 11.8. The number of nitrogens with zero attached hydrogens (tertiary/aromatic N) is 1. The molecule has 0 radical (unpaired) electrons. The number of aromatic carboxylic acids is 1. The Kier molecular flexibility index (Phi) is 4.11. The molecule has 0 aliphatic rings. The molecule has 0 spiro atoms. The smallest absolute Gasteiger partial charge is 0.411 e. The van der Waals surface area contributed by atoms with Crippen LogP contribution in [0.3, 0.4) is 0 Å². The number of carboxylic acid groups (broad SMARTS) is 1. The van der Waals surface area contributed by atoms with E-state index >= 15 is 0 Å². The van der Waals surface area contributed by atoms with E-state index in [4.69, 9.17) is 9.52 Å². The normalized spacial score (nSPS) is 11.8. The van der Waals surface area contributed by atoms with Crippen LogP contribution in [0.25, 0.3) is 0 Å². The van der Waals surface area contributed by atoms with E-state index in [1.54, 1.807) is 6.92 Å². The van der Waals surface area contributed by atoms with Crippen molar-refractivity contribution >= 4 is 5.97 Å². The van der Waals surface area contributed by atoms with Gasteiger partial charge in [-0.3, -0.25) is 0 Å². The molecule has 5 nitrogen and oxygen atoms in total. The summed E-state index contributed by atoms with van der Waals surface area (Å²) in [6.45, 7) is -0.288. The second-order valence-electron chi connectivity index (χ2n) is 3.15. The number of hydrogen-bond acceptors (Lipinski definition) is 4. The van der Waals surface area contributed by atoms with E-state index in [9.17, 15) is 18.0 Å². The number of carboxylic acids is 1.